The van der Waals surface area contributed by atoms with Crippen molar-refractivity contribution >= 4 is 38.9 Å². The van der Waals surface area contributed by atoms with E-state index in [1.165, 1.54) is 28.6 Å². The molecule has 0 amide bonds. The third kappa shape index (κ3) is 3.19. The Kier molecular flexibility index (Phi) is 4.50. The summed E-state index contributed by atoms with van der Waals surface area (Å²) in [6, 6.07) is 2.59. The van der Waals surface area contributed by atoms with Crippen molar-refractivity contribution in [2.24, 2.45) is 0 Å². The molecule has 1 saturated carbocycles. The van der Waals surface area contributed by atoms with Crippen LogP contribution in [-0.2, 0) is 6.54 Å². The van der Waals surface area contributed by atoms with E-state index >= 15 is 0 Å². The Morgan fingerprint density at radius 2 is 2.27 bits per heavy atom. The lowest BCUT2D eigenvalue weighted by Gasteiger charge is -2.27. The first-order valence-electron chi connectivity index (χ1n) is 5.36. The quantitative estimate of drug-likeness (QED) is 0.827. The zero-order valence-corrected chi connectivity index (χ0v) is 11.7. The minimum atomic E-state index is 0.317. The lowest BCUT2D eigenvalue weighted by molar-refractivity contribution is 0.379. The molecule has 2 unspecified atom stereocenters. The minimum Gasteiger partial charge on any atom is -0.308 e. The lowest BCUT2D eigenvalue weighted by atomic mass is 9.95. The van der Waals surface area contributed by atoms with Gasteiger partial charge >= 0.3 is 0 Å². The highest BCUT2D eigenvalue weighted by Crippen LogP contribution is 2.26. The minimum absolute atomic E-state index is 0.317. The van der Waals surface area contributed by atoms with Crippen LogP contribution in [0.5, 0.6) is 0 Å². The standard InChI is InChI=1S/C11H15BrClNS/c12-8-5-6-15-11(8)7-14-10-4-2-1-3-9(10)13/h5-6,9-10,14H,1-4,7H2. The molecular weight excluding hydrogens is 294 g/mol. The van der Waals surface area contributed by atoms with Gasteiger partial charge in [-0.25, -0.2) is 0 Å². The Bertz CT molecular complexity index is 315. The maximum absolute atomic E-state index is 6.29. The molecule has 0 bridgehead atoms. The van der Waals surface area contributed by atoms with Crippen LogP contribution < -0.4 is 5.32 Å². The van der Waals surface area contributed by atoms with Crippen LogP contribution in [0.2, 0.25) is 0 Å². The van der Waals surface area contributed by atoms with Gasteiger partial charge in [0.1, 0.15) is 0 Å². The first-order chi connectivity index (χ1) is 7.27. The fraction of sp³-hybridized carbons (Fsp3) is 0.636. The van der Waals surface area contributed by atoms with E-state index in [9.17, 15) is 0 Å². The van der Waals surface area contributed by atoms with Gasteiger partial charge in [0, 0.05) is 27.3 Å². The second kappa shape index (κ2) is 5.67. The van der Waals surface area contributed by atoms with Crippen molar-refractivity contribution in [3.8, 4) is 0 Å². The van der Waals surface area contributed by atoms with E-state index in [0.29, 0.717) is 11.4 Å². The number of hydrogen-bond acceptors (Lipinski definition) is 2. The number of rotatable bonds is 3. The van der Waals surface area contributed by atoms with Gasteiger partial charge in [0.25, 0.3) is 0 Å². The number of nitrogens with one attached hydrogen (secondary N) is 1. The summed E-state index contributed by atoms with van der Waals surface area (Å²) < 4.78 is 1.21. The van der Waals surface area contributed by atoms with Crippen LogP contribution in [0.15, 0.2) is 15.9 Å². The summed E-state index contributed by atoms with van der Waals surface area (Å²) in [5.41, 5.74) is 0. The van der Waals surface area contributed by atoms with Gasteiger partial charge in [0.05, 0.1) is 0 Å². The van der Waals surface area contributed by atoms with Crippen molar-refractivity contribution in [3.63, 3.8) is 0 Å². The third-order valence-corrected chi connectivity index (χ3v) is 5.35. The molecule has 84 valence electrons. The van der Waals surface area contributed by atoms with Gasteiger partial charge in [0.15, 0.2) is 0 Å². The monoisotopic (exact) mass is 307 g/mol. The van der Waals surface area contributed by atoms with Crippen molar-refractivity contribution in [1.29, 1.82) is 0 Å². The molecule has 0 spiro atoms. The van der Waals surface area contributed by atoms with E-state index in [1.807, 2.05) is 0 Å². The molecule has 0 aliphatic heterocycles. The Morgan fingerprint density at radius 1 is 1.47 bits per heavy atom. The number of thiophene rings is 1. The molecule has 4 heteroatoms. The van der Waals surface area contributed by atoms with E-state index < -0.39 is 0 Å². The maximum Gasteiger partial charge on any atom is 0.0489 e. The van der Waals surface area contributed by atoms with Crippen molar-refractivity contribution < 1.29 is 0 Å². The SMILES string of the molecule is ClC1CCCCC1NCc1sccc1Br. The average Bonchev–Trinajstić information content (AvgIpc) is 2.63. The zero-order chi connectivity index (χ0) is 10.7. The largest absolute Gasteiger partial charge is 0.308 e. The topological polar surface area (TPSA) is 12.0 Å². The van der Waals surface area contributed by atoms with Gasteiger partial charge in [-0.1, -0.05) is 12.8 Å². The molecule has 0 saturated heterocycles. The number of hydrogen-bond donors (Lipinski definition) is 1. The van der Waals surface area contributed by atoms with Gasteiger partial charge in [-0.2, -0.15) is 0 Å². The van der Waals surface area contributed by atoms with E-state index in [0.717, 1.165) is 13.0 Å². The molecule has 1 aromatic rings. The van der Waals surface area contributed by atoms with Gasteiger partial charge in [-0.05, 0) is 40.2 Å². The highest BCUT2D eigenvalue weighted by molar-refractivity contribution is 9.10. The van der Waals surface area contributed by atoms with Crippen LogP contribution in [0, 0.1) is 0 Å². The smallest absolute Gasteiger partial charge is 0.0489 e. The van der Waals surface area contributed by atoms with Crippen LogP contribution in [0.25, 0.3) is 0 Å². The highest BCUT2D eigenvalue weighted by atomic mass is 79.9. The average molecular weight is 309 g/mol. The van der Waals surface area contributed by atoms with Crippen LogP contribution in [0.1, 0.15) is 30.6 Å². The summed E-state index contributed by atoms with van der Waals surface area (Å²) in [5.74, 6) is 0. The summed E-state index contributed by atoms with van der Waals surface area (Å²) in [7, 11) is 0. The van der Waals surface area contributed by atoms with Crippen LogP contribution in [0.4, 0.5) is 0 Å². The highest BCUT2D eigenvalue weighted by Gasteiger charge is 2.22. The number of halogens is 2. The fourth-order valence-corrected chi connectivity index (χ4v) is 3.80. The summed E-state index contributed by atoms with van der Waals surface area (Å²) in [6.07, 6.45) is 4.98. The van der Waals surface area contributed by atoms with Crippen molar-refractivity contribution in [2.45, 2.75) is 43.6 Å². The van der Waals surface area contributed by atoms with E-state index in [-0.39, 0.29) is 0 Å². The molecule has 1 aromatic heterocycles. The van der Waals surface area contributed by atoms with Crippen LogP contribution in [-0.4, -0.2) is 11.4 Å². The first kappa shape index (κ1) is 11.9. The molecule has 15 heavy (non-hydrogen) atoms. The molecule has 1 fully saturated rings. The molecule has 2 atom stereocenters. The van der Waals surface area contributed by atoms with Crippen LogP contribution in [0.3, 0.4) is 0 Å². The Morgan fingerprint density at radius 3 is 2.93 bits per heavy atom. The first-order valence-corrected chi connectivity index (χ1v) is 7.47. The zero-order valence-electron chi connectivity index (χ0n) is 8.51. The molecule has 1 aliphatic carbocycles. The maximum atomic E-state index is 6.29. The summed E-state index contributed by atoms with van der Waals surface area (Å²) in [4.78, 5) is 1.37. The molecule has 1 heterocycles. The predicted molar refractivity (Wildman–Crippen MR) is 70.8 cm³/mol. The second-order valence-corrected chi connectivity index (χ2v) is 6.40. The van der Waals surface area contributed by atoms with E-state index in [4.69, 9.17) is 11.6 Å². The normalized spacial score (nSPS) is 26.8. The third-order valence-electron chi connectivity index (χ3n) is 2.90. The number of alkyl halides is 1. The summed E-state index contributed by atoms with van der Waals surface area (Å²) in [5, 5.41) is 5.99. The van der Waals surface area contributed by atoms with E-state index in [2.05, 4.69) is 32.7 Å². The fourth-order valence-electron chi connectivity index (χ4n) is 1.99. The Hall–Kier alpha value is 0.430. The van der Waals surface area contributed by atoms with Gasteiger partial charge < -0.3 is 5.32 Å². The molecule has 0 radical (unpaired) electrons. The van der Waals surface area contributed by atoms with Crippen molar-refractivity contribution in [1.82, 2.24) is 5.32 Å². The Balaban J connectivity index is 1.84. The van der Waals surface area contributed by atoms with E-state index in [1.54, 1.807) is 11.3 Å². The Labute approximate surface area is 108 Å². The second-order valence-electron chi connectivity index (χ2n) is 3.98. The summed E-state index contributed by atoms with van der Waals surface area (Å²) >= 11 is 11.6. The molecule has 2 rings (SSSR count). The predicted octanol–water partition coefficient (Wildman–Crippen LogP) is 4.15. The molecular formula is C11H15BrClNS. The molecule has 1 nitrogen and oxygen atoms in total. The van der Waals surface area contributed by atoms with Crippen LogP contribution >= 0.6 is 38.9 Å². The van der Waals surface area contributed by atoms with Crippen molar-refractivity contribution in [3.05, 3.63) is 20.8 Å². The summed E-state index contributed by atoms with van der Waals surface area (Å²) in [6.45, 7) is 0.937. The molecule has 1 N–H and O–H groups in total. The molecule has 1 aliphatic rings. The molecule has 0 aromatic carbocycles. The van der Waals surface area contributed by atoms with Gasteiger partial charge in [-0.3, -0.25) is 0 Å². The van der Waals surface area contributed by atoms with Crippen molar-refractivity contribution in [2.75, 3.05) is 0 Å². The van der Waals surface area contributed by atoms with Gasteiger partial charge in [-0.15, -0.1) is 22.9 Å². The lowest BCUT2D eigenvalue weighted by Crippen LogP contribution is -2.38. The van der Waals surface area contributed by atoms with Gasteiger partial charge in [0.2, 0.25) is 0 Å².